The molecule has 0 atom stereocenters. The summed E-state index contributed by atoms with van der Waals surface area (Å²) in [5, 5.41) is 19.5. The van der Waals surface area contributed by atoms with Crippen LogP contribution in [0.15, 0.2) is 18.2 Å². The number of Topliss-reactive ketones (excluding diaryl/α,β-unsaturated/α-hetero) is 1. The summed E-state index contributed by atoms with van der Waals surface area (Å²) >= 11 is 12.0. The molecule has 0 fully saturated rings. The first-order valence-corrected chi connectivity index (χ1v) is 8.97. The molecule has 28 heavy (non-hydrogen) atoms. The molecule has 1 aromatic carbocycles. The van der Waals surface area contributed by atoms with Crippen LogP contribution in [-0.4, -0.2) is 28.4 Å². The smallest absolute Gasteiger partial charge is 0.306 e. The topological polar surface area (TPSA) is 100 Å². The second-order valence-electron chi connectivity index (χ2n) is 5.72. The average molecular weight is 425 g/mol. The summed E-state index contributed by atoms with van der Waals surface area (Å²) in [7, 11) is 0. The Balaban J connectivity index is 2.35. The van der Waals surface area contributed by atoms with Crippen molar-refractivity contribution in [1.29, 1.82) is 5.26 Å². The molecular formula is C19H15Cl2FN2O4. The van der Waals surface area contributed by atoms with E-state index in [1.807, 2.05) is 0 Å². The zero-order valence-corrected chi connectivity index (χ0v) is 16.3. The van der Waals surface area contributed by atoms with Gasteiger partial charge in [-0.05, 0) is 30.7 Å². The molecule has 146 valence electrons. The Labute approximate surface area is 170 Å². The summed E-state index contributed by atoms with van der Waals surface area (Å²) < 4.78 is 18.1. The van der Waals surface area contributed by atoms with E-state index in [0.29, 0.717) is 5.56 Å². The van der Waals surface area contributed by atoms with Gasteiger partial charge in [-0.3, -0.25) is 9.59 Å². The van der Waals surface area contributed by atoms with Crippen molar-refractivity contribution in [2.75, 3.05) is 6.61 Å². The number of carbonyl (C=O) groups excluding carboxylic acids is 2. The van der Waals surface area contributed by atoms with Crippen LogP contribution in [0.1, 0.15) is 47.1 Å². The Morgan fingerprint density at radius 3 is 2.46 bits per heavy atom. The van der Waals surface area contributed by atoms with Crippen LogP contribution in [0.2, 0.25) is 10.0 Å². The molecule has 0 saturated carbocycles. The first-order chi connectivity index (χ1) is 13.3. The third-order valence-corrected chi connectivity index (χ3v) is 4.43. The van der Waals surface area contributed by atoms with E-state index in [0.717, 1.165) is 12.1 Å². The summed E-state index contributed by atoms with van der Waals surface area (Å²) in [6.07, 6.45) is -0.424. The predicted molar refractivity (Wildman–Crippen MR) is 100 cm³/mol. The highest BCUT2D eigenvalue weighted by Crippen LogP contribution is 2.30. The van der Waals surface area contributed by atoms with E-state index < -0.39 is 23.3 Å². The molecule has 0 aliphatic rings. The Bertz CT molecular complexity index is 950. The molecule has 0 aliphatic heterocycles. The SMILES string of the molecule is CCOC(=O)CCC(=O)c1nc(Cc2c(Cl)cc(F)cc2Cl)cc(C#N)c1O. The van der Waals surface area contributed by atoms with Crippen molar-refractivity contribution in [1.82, 2.24) is 4.98 Å². The first-order valence-electron chi connectivity index (χ1n) is 8.22. The lowest BCUT2D eigenvalue weighted by molar-refractivity contribution is -0.143. The molecule has 6 nitrogen and oxygen atoms in total. The third-order valence-electron chi connectivity index (χ3n) is 3.76. The Hall–Kier alpha value is -2.69. The summed E-state index contributed by atoms with van der Waals surface area (Å²) in [6.45, 7) is 1.82. The quantitative estimate of drug-likeness (QED) is 0.527. The van der Waals surface area contributed by atoms with E-state index in [1.54, 1.807) is 13.0 Å². The molecule has 2 aromatic rings. The summed E-state index contributed by atoms with van der Waals surface area (Å²) in [6, 6.07) is 5.23. The van der Waals surface area contributed by atoms with Crippen molar-refractivity contribution in [2.24, 2.45) is 0 Å². The van der Waals surface area contributed by atoms with Gasteiger partial charge in [-0.1, -0.05) is 23.2 Å². The summed E-state index contributed by atoms with van der Waals surface area (Å²) in [5.41, 5.74) is 0.0764. The normalized spacial score (nSPS) is 10.4. The van der Waals surface area contributed by atoms with Crippen LogP contribution in [0.25, 0.3) is 0 Å². The number of nitriles is 1. The maximum Gasteiger partial charge on any atom is 0.306 e. The number of carbonyl (C=O) groups is 2. The van der Waals surface area contributed by atoms with Crippen LogP contribution in [0.3, 0.4) is 0 Å². The largest absolute Gasteiger partial charge is 0.504 e. The van der Waals surface area contributed by atoms with Gasteiger partial charge in [0.15, 0.2) is 11.5 Å². The minimum Gasteiger partial charge on any atom is -0.504 e. The van der Waals surface area contributed by atoms with Crippen molar-refractivity contribution in [3.05, 3.63) is 56.6 Å². The molecule has 1 aromatic heterocycles. The van der Waals surface area contributed by atoms with E-state index in [9.17, 15) is 24.3 Å². The van der Waals surface area contributed by atoms with Gasteiger partial charge < -0.3 is 9.84 Å². The lowest BCUT2D eigenvalue weighted by Crippen LogP contribution is -2.11. The predicted octanol–water partition coefficient (Wildman–Crippen LogP) is 4.22. The van der Waals surface area contributed by atoms with Crippen LogP contribution in [0.4, 0.5) is 4.39 Å². The second-order valence-corrected chi connectivity index (χ2v) is 6.54. The second kappa shape index (κ2) is 9.49. The van der Waals surface area contributed by atoms with E-state index in [2.05, 4.69) is 4.98 Å². The minimum atomic E-state index is -0.625. The molecule has 0 saturated heterocycles. The number of hydrogen-bond acceptors (Lipinski definition) is 6. The number of nitrogens with zero attached hydrogens (tertiary/aromatic N) is 2. The maximum atomic E-state index is 13.4. The van der Waals surface area contributed by atoms with E-state index in [4.69, 9.17) is 27.9 Å². The van der Waals surface area contributed by atoms with Crippen molar-refractivity contribution in [2.45, 2.75) is 26.2 Å². The number of ketones is 1. The van der Waals surface area contributed by atoms with Gasteiger partial charge in [0.05, 0.1) is 18.6 Å². The molecular weight excluding hydrogens is 410 g/mol. The number of pyridine rings is 1. The van der Waals surface area contributed by atoms with E-state index in [-0.39, 0.29) is 52.9 Å². The van der Waals surface area contributed by atoms with Crippen LogP contribution < -0.4 is 0 Å². The van der Waals surface area contributed by atoms with Gasteiger partial charge in [0.25, 0.3) is 0 Å². The first kappa shape index (κ1) is 21.6. The number of aromatic nitrogens is 1. The van der Waals surface area contributed by atoms with Gasteiger partial charge in [0.2, 0.25) is 0 Å². The number of rotatable bonds is 7. The fourth-order valence-corrected chi connectivity index (χ4v) is 3.04. The van der Waals surface area contributed by atoms with Gasteiger partial charge in [0.1, 0.15) is 17.6 Å². The molecule has 9 heteroatoms. The van der Waals surface area contributed by atoms with Crippen LogP contribution in [0.5, 0.6) is 5.75 Å². The van der Waals surface area contributed by atoms with Crippen molar-refractivity contribution >= 4 is 35.0 Å². The highest BCUT2D eigenvalue weighted by Gasteiger charge is 2.20. The van der Waals surface area contributed by atoms with Crippen molar-refractivity contribution in [3.8, 4) is 11.8 Å². The van der Waals surface area contributed by atoms with Crippen LogP contribution >= 0.6 is 23.2 Å². The van der Waals surface area contributed by atoms with Gasteiger partial charge in [-0.2, -0.15) is 5.26 Å². The Kier molecular flexibility index (Phi) is 7.32. The number of ether oxygens (including phenoxy) is 1. The van der Waals surface area contributed by atoms with Gasteiger partial charge in [-0.25, -0.2) is 9.37 Å². The number of benzene rings is 1. The Morgan fingerprint density at radius 2 is 1.89 bits per heavy atom. The van der Waals surface area contributed by atoms with Crippen LogP contribution in [-0.2, 0) is 16.0 Å². The third kappa shape index (κ3) is 5.18. The number of hydrogen-bond donors (Lipinski definition) is 1. The number of aromatic hydroxyl groups is 1. The highest BCUT2D eigenvalue weighted by atomic mass is 35.5. The molecule has 0 amide bonds. The monoisotopic (exact) mass is 424 g/mol. The van der Waals surface area contributed by atoms with Gasteiger partial charge in [-0.15, -0.1) is 0 Å². The molecule has 0 bridgehead atoms. The highest BCUT2D eigenvalue weighted by molar-refractivity contribution is 6.36. The maximum absolute atomic E-state index is 13.4. The van der Waals surface area contributed by atoms with E-state index in [1.165, 1.54) is 6.07 Å². The molecule has 1 N–H and O–H groups in total. The molecule has 0 unspecified atom stereocenters. The zero-order valence-electron chi connectivity index (χ0n) is 14.8. The number of halogens is 3. The van der Waals surface area contributed by atoms with Gasteiger partial charge in [0, 0.05) is 28.6 Å². The molecule has 0 spiro atoms. The fraction of sp³-hybridized carbons (Fsp3) is 0.263. The molecule has 2 rings (SSSR count). The molecule has 1 heterocycles. The Morgan fingerprint density at radius 1 is 1.25 bits per heavy atom. The molecule has 0 aliphatic carbocycles. The average Bonchev–Trinajstić information content (AvgIpc) is 2.63. The van der Waals surface area contributed by atoms with Crippen molar-refractivity contribution < 1.29 is 23.8 Å². The lowest BCUT2D eigenvalue weighted by atomic mass is 10.0. The minimum absolute atomic E-state index is 0.00502. The summed E-state index contributed by atoms with van der Waals surface area (Å²) in [5.74, 6) is -2.36. The summed E-state index contributed by atoms with van der Waals surface area (Å²) in [4.78, 5) is 27.9. The molecule has 0 radical (unpaired) electrons. The lowest BCUT2D eigenvalue weighted by Gasteiger charge is -2.10. The van der Waals surface area contributed by atoms with Crippen molar-refractivity contribution in [3.63, 3.8) is 0 Å². The van der Waals surface area contributed by atoms with E-state index >= 15 is 0 Å². The number of esters is 1. The standard InChI is InChI=1S/C19H15Cl2FN2O4/c1-2-28-17(26)4-3-16(25)18-19(27)10(9-23)5-12(24-18)8-13-14(20)6-11(22)7-15(13)21/h5-7,27H,2-4,8H2,1H3. The van der Waals surface area contributed by atoms with Gasteiger partial charge >= 0.3 is 5.97 Å². The van der Waals surface area contributed by atoms with Crippen LogP contribution in [0, 0.1) is 17.1 Å². The zero-order chi connectivity index (χ0) is 20.8. The fourth-order valence-electron chi connectivity index (χ4n) is 2.45.